The monoisotopic (exact) mass is 843 g/mol. The maximum absolute atomic E-state index is 2.53. The van der Waals surface area contributed by atoms with Gasteiger partial charge in [-0.15, -0.1) is 0 Å². The van der Waals surface area contributed by atoms with Crippen LogP contribution < -0.4 is 14.7 Å². The SMILES string of the molecule is Cc1ccc(N(c2ccc(C)cc2)c2cc3ccc4c(N(c5ccc(C)cc5C)c5ccc(C)cc5C)cc(N(c5ccc(C)cc5C)c5ccc(C)cc5C)c5ccc(c2)c3c45)cc1. The first-order chi connectivity index (χ1) is 31.3. The fourth-order valence-electron chi connectivity index (χ4n) is 10.2. The first-order valence-corrected chi connectivity index (χ1v) is 22.9. The van der Waals surface area contributed by atoms with E-state index in [0.29, 0.717) is 0 Å². The molecule has 0 saturated heterocycles. The van der Waals surface area contributed by atoms with E-state index in [1.165, 1.54) is 111 Å². The smallest absolute Gasteiger partial charge is 0.0561 e. The third-order valence-electron chi connectivity index (χ3n) is 13.4. The van der Waals surface area contributed by atoms with Gasteiger partial charge in [-0.25, -0.2) is 0 Å². The van der Waals surface area contributed by atoms with Gasteiger partial charge in [0.05, 0.1) is 11.4 Å². The highest BCUT2D eigenvalue weighted by Crippen LogP contribution is 2.52. The number of nitrogens with zero attached hydrogens (tertiary/aromatic N) is 3. The molecule has 65 heavy (non-hydrogen) atoms. The summed E-state index contributed by atoms with van der Waals surface area (Å²) in [6, 6.07) is 62.0. The Kier molecular flexibility index (Phi) is 10.5. The van der Waals surface area contributed by atoms with Crippen molar-refractivity contribution in [1.29, 1.82) is 0 Å². The zero-order valence-corrected chi connectivity index (χ0v) is 39.4. The van der Waals surface area contributed by atoms with Gasteiger partial charge in [0.1, 0.15) is 0 Å². The molecule has 10 aromatic rings. The van der Waals surface area contributed by atoms with E-state index in [0.717, 1.165) is 28.4 Å². The molecule has 0 aromatic heterocycles. The highest BCUT2D eigenvalue weighted by molar-refractivity contribution is 6.29. The van der Waals surface area contributed by atoms with E-state index in [2.05, 4.69) is 248 Å². The summed E-state index contributed by atoms with van der Waals surface area (Å²) in [6.45, 7) is 22.1. The normalized spacial score (nSPS) is 11.5. The Hall–Kier alpha value is -7.36. The summed E-state index contributed by atoms with van der Waals surface area (Å²) in [7, 11) is 0. The molecule has 320 valence electrons. The summed E-state index contributed by atoms with van der Waals surface area (Å²) in [4.78, 5) is 7.46. The molecule has 0 aliphatic rings. The second-order valence-electron chi connectivity index (χ2n) is 18.6. The molecule has 0 radical (unpaired) electrons. The molecule has 0 N–H and O–H groups in total. The van der Waals surface area contributed by atoms with Crippen molar-refractivity contribution in [2.24, 2.45) is 0 Å². The number of aryl methyl sites for hydroxylation is 10. The van der Waals surface area contributed by atoms with Crippen molar-refractivity contribution in [3.05, 3.63) is 219 Å². The van der Waals surface area contributed by atoms with Crippen LogP contribution in [0.3, 0.4) is 0 Å². The van der Waals surface area contributed by atoms with E-state index < -0.39 is 0 Å². The molecule has 10 rings (SSSR count). The van der Waals surface area contributed by atoms with E-state index >= 15 is 0 Å². The third-order valence-corrected chi connectivity index (χ3v) is 13.4. The zero-order valence-electron chi connectivity index (χ0n) is 39.4. The molecule has 10 aromatic carbocycles. The Bertz CT molecular complexity index is 3110. The van der Waals surface area contributed by atoms with Crippen LogP contribution in [0.4, 0.5) is 51.2 Å². The number of hydrogen-bond donors (Lipinski definition) is 0. The van der Waals surface area contributed by atoms with Crippen molar-refractivity contribution in [3.63, 3.8) is 0 Å². The standard InChI is InChI=1S/C62H57N3/c1-38-11-21-50(22-12-38)63(51-23-13-39(2)14-24-51)52-35-48-19-25-53-59(64(55-27-15-40(3)31-44(55)7)56-28-16-41(4)32-45(56)8)37-60(54-26-20-49(36-52)61(48)62(53)54)65(57-29-17-42(5)33-46(57)9)58-30-18-43(6)34-47(58)10/h11-37H,1-10H3. The molecule has 0 atom stereocenters. The maximum Gasteiger partial charge on any atom is 0.0561 e. The molecule has 0 heterocycles. The van der Waals surface area contributed by atoms with Crippen molar-refractivity contribution in [3.8, 4) is 0 Å². The minimum Gasteiger partial charge on any atom is -0.310 e. The molecule has 0 bridgehead atoms. The van der Waals surface area contributed by atoms with Gasteiger partial charge >= 0.3 is 0 Å². The van der Waals surface area contributed by atoms with Crippen LogP contribution in [0.15, 0.2) is 164 Å². The van der Waals surface area contributed by atoms with Crippen LogP contribution in [0.5, 0.6) is 0 Å². The summed E-state index contributed by atoms with van der Waals surface area (Å²) in [5.41, 5.74) is 22.8. The first kappa shape index (κ1) is 41.6. The molecule has 0 saturated carbocycles. The van der Waals surface area contributed by atoms with Crippen LogP contribution in [0.1, 0.15) is 55.6 Å². The fourth-order valence-corrected chi connectivity index (χ4v) is 10.2. The number of hydrogen-bond acceptors (Lipinski definition) is 3. The van der Waals surface area contributed by atoms with E-state index in [-0.39, 0.29) is 0 Å². The van der Waals surface area contributed by atoms with E-state index in [1.807, 2.05) is 0 Å². The average molecular weight is 844 g/mol. The van der Waals surface area contributed by atoms with Gasteiger partial charge in [0.25, 0.3) is 0 Å². The highest BCUT2D eigenvalue weighted by atomic mass is 15.2. The maximum atomic E-state index is 2.53. The van der Waals surface area contributed by atoms with Crippen molar-refractivity contribution < 1.29 is 0 Å². The van der Waals surface area contributed by atoms with Crippen LogP contribution in [0.25, 0.3) is 32.3 Å². The second kappa shape index (κ2) is 16.3. The lowest BCUT2D eigenvalue weighted by Crippen LogP contribution is -2.17. The van der Waals surface area contributed by atoms with Crippen LogP contribution >= 0.6 is 0 Å². The third kappa shape index (κ3) is 7.45. The predicted molar refractivity (Wildman–Crippen MR) is 282 cm³/mol. The Morgan fingerprint density at radius 1 is 0.231 bits per heavy atom. The van der Waals surface area contributed by atoms with Crippen LogP contribution in [-0.2, 0) is 0 Å². The molecule has 0 aliphatic heterocycles. The lowest BCUT2D eigenvalue weighted by molar-refractivity contribution is 1.20. The van der Waals surface area contributed by atoms with Crippen molar-refractivity contribution in [2.75, 3.05) is 14.7 Å². The molecule has 0 fully saturated rings. The van der Waals surface area contributed by atoms with E-state index in [9.17, 15) is 0 Å². The topological polar surface area (TPSA) is 9.72 Å². The summed E-state index contributed by atoms with van der Waals surface area (Å²) in [5.74, 6) is 0. The summed E-state index contributed by atoms with van der Waals surface area (Å²) in [5, 5.41) is 7.36. The fraction of sp³-hybridized carbons (Fsp3) is 0.161. The van der Waals surface area contributed by atoms with Crippen molar-refractivity contribution >= 4 is 83.5 Å². The van der Waals surface area contributed by atoms with Gasteiger partial charge in [0, 0.05) is 56.0 Å². The summed E-state index contributed by atoms with van der Waals surface area (Å²) >= 11 is 0. The van der Waals surface area contributed by atoms with E-state index in [1.54, 1.807) is 0 Å². The quantitative estimate of drug-likeness (QED) is 0.134. The Morgan fingerprint density at radius 2 is 0.554 bits per heavy atom. The average Bonchev–Trinajstić information content (AvgIpc) is 3.27. The van der Waals surface area contributed by atoms with Gasteiger partial charge in [-0.3, -0.25) is 0 Å². The van der Waals surface area contributed by atoms with Gasteiger partial charge in [-0.05, 0) is 174 Å². The number of rotatable bonds is 9. The first-order valence-electron chi connectivity index (χ1n) is 22.9. The Balaban J connectivity index is 1.34. The van der Waals surface area contributed by atoms with Gasteiger partial charge in [0.2, 0.25) is 0 Å². The minimum atomic E-state index is 1.13. The lowest BCUT2D eigenvalue weighted by atomic mass is 9.90. The number of anilines is 9. The summed E-state index contributed by atoms with van der Waals surface area (Å²) in [6.07, 6.45) is 0. The van der Waals surface area contributed by atoms with Gasteiger partial charge in [-0.2, -0.15) is 0 Å². The molecule has 0 spiro atoms. The lowest BCUT2D eigenvalue weighted by Gasteiger charge is -2.34. The van der Waals surface area contributed by atoms with Crippen LogP contribution in [0.2, 0.25) is 0 Å². The van der Waals surface area contributed by atoms with Crippen molar-refractivity contribution in [1.82, 2.24) is 0 Å². The largest absolute Gasteiger partial charge is 0.310 e. The highest BCUT2D eigenvalue weighted by Gasteiger charge is 2.27. The molecule has 0 aliphatic carbocycles. The summed E-state index contributed by atoms with van der Waals surface area (Å²) < 4.78 is 0. The van der Waals surface area contributed by atoms with Gasteiger partial charge in [-0.1, -0.05) is 130 Å². The molecule has 0 unspecified atom stereocenters. The van der Waals surface area contributed by atoms with E-state index in [4.69, 9.17) is 0 Å². The van der Waals surface area contributed by atoms with Crippen LogP contribution in [-0.4, -0.2) is 0 Å². The molecule has 3 heteroatoms. The van der Waals surface area contributed by atoms with Gasteiger partial charge in [0.15, 0.2) is 0 Å². The second-order valence-corrected chi connectivity index (χ2v) is 18.6. The van der Waals surface area contributed by atoms with Gasteiger partial charge < -0.3 is 14.7 Å². The Labute approximate surface area is 385 Å². The molecule has 3 nitrogen and oxygen atoms in total. The molecule has 0 amide bonds. The minimum absolute atomic E-state index is 1.13. The number of benzene rings is 10. The predicted octanol–water partition coefficient (Wildman–Crippen LogP) is 18.1. The van der Waals surface area contributed by atoms with Crippen molar-refractivity contribution in [2.45, 2.75) is 69.2 Å². The Morgan fingerprint density at radius 3 is 0.877 bits per heavy atom. The molecular weight excluding hydrogens is 787 g/mol. The molecular formula is C62H57N3. The van der Waals surface area contributed by atoms with Crippen LogP contribution in [0, 0.1) is 69.2 Å². The zero-order chi connectivity index (χ0) is 45.3.